The van der Waals surface area contributed by atoms with Crippen LogP contribution in [0.25, 0.3) is 33.4 Å². The van der Waals surface area contributed by atoms with E-state index in [-0.39, 0.29) is 54.2 Å². The third-order valence-corrected chi connectivity index (χ3v) is 15.0. The third kappa shape index (κ3) is 7.91. The highest BCUT2D eigenvalue weighted by Gasteiger charge is 2.35. The summed E-state index contributed by atoms with van der Waals surface area (Å²) in [6, 6.07) is 43.5. The first-order valence-electron chi connectivity index (χ1n) is 21.9. The Morgan fingerprint density at radius 2 is 1.52 bits per heavy atom. The molecule has 5 aromatic rings. The number of rotatable bonds is 11. The van der Waals surface area contributed by atoms with E-state index < -0.39 is 10.0 Å². The Morgan fingerprint density at radius 3 is 2.37 bits per heavy atom. The Bertz CT molecular complexity index is 3040. The molecule has 0 aromatic heterocycles. The van der Waals surface area contributed by atoms with Crippen molar-refractivity contribution in [3.8, 4) is 28.2 Å². The molecule has 1 aliphatic carbocycles. The summed E-state index contributed by atoms with van der Waals surface area (Å²) in [5.74, 6) is 0.339. The van der Waals surface area contributed by atoms with Crippen molar-refractivity contribution in [2.75, 3.05) is 37.6 Å². The van der Waals surface area contributed by atoms with Crippen LogP contribution in [0, 0.1) is 5.92 Å². The zero-order chi connectivity index (χ0) is 43.1. The average molecular weight is 858 g/mol. The fraction of sp³-hybridized carbons (Fsp3) is 0.250. The van der Waals surface area contributed by atoms with Crippen LogP contribution >= 0.6 is 0 Å². The fourth-order valence-corrected chi connectivity index (χ4v) is 11.4. The van der Waals surface area contributed by atoms with Crippen LogP contribution in [0.15, 0.2) is 143 Å². The number of sulfonamides is 1. The monoisotopic (exact) mass is 857 g/mol. The Balaban J connectivity index is 0.935. The van der Waals surface area contributed by atoms with Gasteiger partial charge in [0.2, 0.25) is 27.0 Å². The van der Waals surface area contributed by atoms with Crippen LogP contribution in [0.1, 0.15) is 42.4 Å². The fourth-order valence-electron chi connectivity index (χ4n) is 9.70. The molecule has 0 atom stereocenters. The average Bonchev–Trinajstić information content (AvgIpc) is 3.96. The summed E-state index contributed by atoms with van der Waals surface area (Å²) in [5, 5.41) is 14.2. The number of nitrogens with zero attached hydrogens (tertiary/aromatic N) is 3. The summed E-state index contributed by atoms with van der Waals surface area (Å²) in [7, 11) is -4.00. The Kier molecular flexibility index (Phi) is 10.9. The quantitative estimate of drug-likeness (QED) is 0.0991. The second-order valence-electron chi connectivity index (χ2n) is 16.8. The van der Waals surface area contributed by atoms with Gasteiger partial charge in [-0.1, -0.05) is 66.7 Å². The van der Waals surface area contributed by atoms with Crippen molar-refractivity contribution in [1.29, 1.82) is 0 Å². The highest BCUT2D eigenvalue weighted by Crippen LogP contribution is 2.45. The van der Waals surface area contributed by atoms with Crippen molar-refractivity contribution in [1.82, 2.24) is 14.2 Å². The number of anilines is 2. The maximum atomic E-state index is 14.8. The van der Waals surface area contributed by atoms with Crippen molar-refractivity contribution in [3.05, 3.63) is 156 Å². The standard InChI is InChI=1S/C52H48N4O6S/c57-41-17-13-35(14-18-41)23-28-53-51(59)22-21-47(58)38-24-29-54(30-25-38)63(60,61)50-12-6-3-9-44(50)52-42-19-15-39(55-31-26-36-7-1-4-10-45(36)55)33-48(42)62-49-34-40(16-20-43(49)52)56-32-27-37-8-2-5-11-46(37)56/h1-20,33-34,38H,21-32H2,(H-,53,57,59)/p+1. The number of para-hydroxylation sites is 2. The van der Waals surface area contributed by atoms with Crippen LogP contribution in [0.5, 0.6) is 5.75 Å². The van der Waals surface area contributed by atoms with Gasteiger partial charge < -0.3 is 19.7 Å². The lowest BCUT2D eigenvalue weighted by atomic mass is 9.91. The predicted octanol–water partition coefficient (Wildman–Crippen LogP) is 8.37. The number of aromatic hydroxyl groups is 1. The molecule has 5 aromatic carbocycles. The van der Waals surface area contributed by atoms with E-state index in [1.807, 2.05) is 24.3 Å². The first-order chi connectivity index (χ1) is 30.7. The largest absolute Gasteiger partial charge is 0.508 e. The van der Waals surface area contributed by atoms with Crippen molar-refractivity contribution in [2.24, 2.45) is 5.92 Å². The molecular weight excluding hydrogens is 809 g/mol. The number of phenols is 1. The Hall–Kier alpha value is -6.56. The number of carbonyl (C=O) groups excluding carboxylic acids is 2. The lowest BCUT2D eigenvalue weighted by Gasteiger charge is -2.31. The van der Waals surface area contributed by atoms with E-state index in [4.69, 9.17) is 4.42 Å². The van der Waals surface area contributed by atoms with Crippen LogP contribution in [0.2, 0.25) is 0 Å². The lowest BCUT2D eigenvalue weighted by Crippen LogP contribution is -2.40. The van der Waals surface area contributed by atoms with Crippen LogP contribution in [0.4, 0.5) is 17.1 Å². The van der Waals surface area contributed by atoms with Crippen molar-refractivity contribution >= 4 is 49.7 Å². The maximum absolute atomic E-state index is 14.8. The molecule has 1 fully saturated rings. The molecule has 0 radical (unpaired) electrons. The van der Waals surface area contributed by atoms with Gasteiger partial charge in [0.05, 0.1) is 11.0 Å². The van der Waals surface area contributed by atoms with E-state index in [2.05, 4.69) is 99.7 Å². The van der Waals surface area contributed by atoms with Gasteiger partial charge in [-0.05, 0) is 79.3 Å². The molecule has 4 aliphatic heterocycles. The van der Waals surface area contributed by atoms with E-state index in [0.717, 1.165) is 59.1 Å². The van der Waals surface area contributed by atoms with Gasteiger partial charge in [-0.15, -0.1) is 0 Å². The normalized spacial score (nSPS) is 16.3. The molecule has 5 aliphatic rings. The van der Waals surface area contributed by atoms with E-state index in [1.165, 1.54) is 26.8 Å². The van der Waals surface area contributed by atoms with Gasteiger partial charge in [0.15, 0.2) is 6.54 Å². The smallest absolute Gasteiger partial charge is 0.243 e. The van der Waals surface area contributed by atoms with Crippen molar-refractivity contribution in [3.63, 3.8) is 0 Å². The second-order valence-corrected chi connectivity index (χ2v) is 18.7. The minimum Gasteiger partial charge on any atom is -0.508 e. The summed E-state index contributed by atoms with van der Waals surface area (Å²) in [6.45, 7) is 2.55. The molecule has 10 rings (SSSR count). The molecule has 2 N–H and O–H groups in total. The predicted molar refractivity (Wildman–Crippen MR) is 246 cm³/mol. The second kappa shape index (κ2) is 17.0. The number of ketones is 1. The zero-order valence-electron chi connectivity index (χ0n) is 35.0. The number of piperidine rings is 1. The number of hydrogen-bond acceptors (Lipinski definition) is 7. The Morgan fingerprint density at radius 1 is 0.762 bits per heavy atom. The van der Waals surface area contributed by atoms with E-state index >= 15 is 0 Å². The maximum Gasteiger partial charge on any atom is 0.243 e. The lowest BCUT2D eigenvalue weighted by molar-refractivity contribution is -0.128. The first kappa shape index (κ1) is 40.5. The molecule has 4 heterocycles. The number of Topliss-reactive ketones (excluding diaryl/α,β-unsaturated/α-hetero) is 1. The van der Waals surface area contributed by atoms with Crippen LogP contribution in [-0.2, 0) is 38.9 Å². The van der Waals surface area contributed by atoms with Gasteiger partial charge in [-0.2, -0.15) is 8.88 Å². The summed E-state index contributed by atoms with van der Waals surface area (Å²) < 4.78 is 40.3. The van der Waals surface area contributed by atoms with Crippen LogP contribution in [-0.4, -0.2) is 62.2 Å². The highest BCUT2D eigenvalue weighted by molar-refractivity contribution is 7.89. The molecule has 63 heavy (non-hydrogen) atoms. The summed E-state index contributed by atoms with van der Waals surface area (Å²) >= 11 is 0. The number of hydrogen-bond donors (Lipinski definition) is 2. The molecule has 318 valence electrons. The first-order valence-corrected chi connectivity index (χ1v) is 23.4. The third-order valence-electron chi connectivity index (χ3n) is 13.0. The SMILES string of the molecule is O=C(CCC(=O)C1CCN(S(=O)(=O)c2ccccc2-c2c3ccc(=[N+]4CCc5ccccc54)cc-3oc3cc(N4CCc5ccccc54)ccc23)CC1)NCCc1ccc(O)cc1. The Labute approximate surface area is 367 Å². The van der Waals surface area contributed by atoms with Gasteiger partial charge in [-0.3, -0.25) is 9.59 Å². The molecule has 0 unspecified atom stereocenters. The number of phenolic OH excluding ortho intramolecular Hbond substituents is 1. The molecule has 0 spiro atoms. The summed E-state index contributed by atoms with van der Waals surface area (Å²) in [4.78, 5) is 28.4. The van der Waals surface area contributed by atoms with Gasteiger partial charge in [-0.25, -0.2) is 8.42 Å². The zero-order valence-corrected chi connectivity index (χ0v) is 35.8. The van der Waals surface area contributed by atoms with E-state index in [0.29, 0.717) is 42.7 Å². The van der Waals surface area contributed by atoms with Crippen LogP contribution < -0.4 is 20.1 Å². The van der Waals surface area contributed by atoms with E-state index in [1.54, 1.807) is 24.3 Å². The number of amides is 1. The van der Waals surface area contributed by atoms with Crippen molar-refractivity contribution in [2.45, 2.75) is 49.8 Å². The molecule has 1 amide bonds. The molecule has 0 saturated carbocycles. The summed E-state index contributed by atoms with van der Waals surface area (Å²) in [6.07, 6.45) is 3.51. The number of fused-ring (bicyclic) bond motifs is 4. The molecule has 1 saturated heterocycles. The minimum atomic E-state index is -4.00. The number of nitrogens with one attached hydrogen (secondary N) is 1. The number of carbonyl (C=O) groups is 2. The molecule has 0 bridgehead atoms. The minimum absolute atomic E-state index is 0.0133. The van der Waals surface area contributed by atoms with Crippen LogP contribution in [0.3, 0.4) is 0 Å². The van der Waals surface area contributed by atoms with Gasteiger partial charge in [0.25, 0.3) is 0 Å². The van der Waals surface area contributed by atoms with Gasteiger partial charge in [0.1, 0.15) is 22.9 Å². The van der Waals surface area contributed by atoms with Gasteiger partial charge >= 0.3 is 0 Å². The highest BCUT2D eigenvalue weighted by atomic mass is 32.2. The topological polar surface area (TPSA) is 123 Å². The molecular formula is C52H49N4O6S+. The van der Waals surface area contributed by atoms with Gasteiger partial charge in [0, 0.05) is 109 Å². The summed E-state index contributed by atoms with van der Waals surface area (Å²) in [5.41, 5.74) is 9.83. The van der Waals surface area contributed by atoms with E-state index in [9.17, 15) is 23.1 Å². The number of benzene rings is 6. The molecule has 10 nitrogen and oxygen atoms in total. The van der Waals surface area contributed by atoms with Crippen molar-refractivity contribution < 1.29 is 27.5 Å². The molecule has 11 heteroatoms.